The lowest BCUT2D eigenvalue weighted by molar-refractivity contribution is -0.138. The zero-order valence-electron chi connectivity index (χ0n) is 7.73. The third-order valence-electron chi connectivity index (χ3n) is 1.86. The van der Waals surface area contributed by atoms with Crippen molar-refractivity contribution < 1.29 is 9.90 Å². The van der Waals surface area contributed by atoms with E-state index in [1.54, 1.807) is 17.6 Å². The monoisotopic (exact) mass is 213 g/mol. The maximum Gasteiger partial charge on any atom is 0.313 e. The minimum atomic E-state index is -0.927. The molecule has 0 aliphatic rings. The molecule has 0 aromatic carbocycles. The molecule has 0 saturated heterocycles. The van der Waals surface area contributed by atoms with Crippen LogP contribution in [0.3, 0.4) is 0 Å². The minimum Gasteiger partial charge on any atom is -0.481 e. The Hall–Kier alpha value is -1.43. The molecule has 76 valence electrons. The van der Waals surface area contributed by atoms with Crippen LogP contribution in [0.2, 0.25) is 0 Å². The van der Waals surface area contributed by atoms with Crippen molar-refractivity contribution in [2.24, 2.45) is 0 Å². The number of carboxylic acid groups (broad SMARTS) is 1. The number of nitrogens with one attached hydrogen (secondary N) is 1. The first-order chi connectivity index (χ1) is 6.57. The number of nitrogens with zero attached hydrogens (tertiary/aromatic N) is 2. The summed E-state index contributed by atoms with van der Waals surface area (Å²) in [5.74, 6) is -1.19. The van der Waals surface area contributed by atoms with Gasteiger partial charge in [-0.15, -0.1) is 6.58 Å². The van der Waals surface area contributed by atoms with E-state index in [4.69, 9.17) is 17.3 Å². The molecule has 1 heterocycles. The first kappa shape index (κ1) is 10.6. The summed E-state index contributed by atoms with van der Waals surface area (Å²) in [7, 11) is 0. The first-order valence-corrected chi connectivity index (χ1v) is 4.47. The number of aliphatic carboxylic acids is 1. The van der Waals surface area contributed by atoms with E-state index in [1.807, 2.05) is 0 Å². The smallest absolute Gasteiger partial charge is 0.313 e. The molecule has 14 heavy (non-hydrogen) atoms. The number of allylic oxidation sites excluding steroid dienone is 1. The fourth-order valence-electron chi connectivity index (χ4n) is 1.08. The van der Waals surface area contributed by atoms with Gasteiger partial charge in [0.25, 0.3) is 0 Å². The van der Waals surface area contributed by atoms with Gasteiger partial charge in [-0.25, -0.2) is 0 Å². The van der Waals surface area contributed by atoms with Gasteiger partial charge < -0.3 is 5.11 Å². The van der Waals surface area contributed by atoms with Crippen molar-refractivity contribution in [3.63, 3.8) is 0 Å². The summed E-state index contributed by atoms with van der Waals surface area (Å²) in [5.41, 5.74) is 0. The standard InChI is InChI=1S/C8H11N3O2S/c1-3-4-11-6(5(2)7(12)13)9-10-8(11)14/h3,5H,1,4H2,2H3,(H,10,14)(H,12,13). The Morgan fingerprint density at radius 2 is 2.57 bits per heavy atom. The van der Waals surface area contributed by atoms with Crippen molar-refractivity contribution in [1.82, 2.24) is 14.8 Å². The number of rotatable bonds is 4. The van der Waals surface area contributed by atoms with Gasteiger partial charge in [-0.3, -0.25) is 14.5 Å². The molecule has 2 N–H and O–H groups in total. The highest BCUT2D eigenvalue weighted by atomic mass is 32.1. The van der Waals surface area contributed by atoms with Crippen LogP contribution >= 0.6 is 12.2 Å². The van der Waals surface area contributed by atoms with Crippen LogP contribution in [0.25, 0.3) is 0 Å². The fraction of sp³-hybridized carbons (Fsp3) is 0.375. The van der Waals surface area contributed by atoms with Crippen LogP contribution in [-0.4, -0.2) is 25.8 Å². The van der Waals surface area contributed by atoms with Crippen molar-refractivity contribution >= 4 is 18.2 Å². The third-order valence-corrected chi connectivity index (χ3v) is 2.17. The number of carboxylic acids is 1. The molecule has 0 aliphatic heterocycles. The van der Waals surface area contributed by atoms with Gasteiger partial charge in [0.05, 0.1) is 0 Å². The Morgan fingerprint density at radius 3 is 3.07 bits per heavy atom. The number of H-pyrrole nitrogens is 1. The van der Waals surface area contributed by atoms with Crippen molar-refractivity contribution in [2.45, 2.75) is 19.4 Å². The summed E-state index contributed by atoms with van der Waals surface area (Å²) in [6.45, 7) is 5.59. The third kappa shape index (κ3) is 1.90. The van der Waals surface area contributed by atoms with E-state index >= 15 is 0 Å². The number of carbonyl (C=O) groups is 1. The van der Waals surface area contributed by atoms with Crippen molar-refractivity contribution in [3.8, 4) is 0 Å². The highest BCUT2D eigenvalue weighted by Crippen LogP contribution is 2.12. The van der Waals surface area contributed by atoms with E-state index in [9.17, 15) is 4.79 Å². The van der Waals surface area contributed by atoms with Crippen molar-refractivity contribution in [3.05, 3.63) is 23.3 Å². The minimum absolute atomic E-state index is 0.410. The molecule has 0 bridgehead atoms. The normalized spacial score (nSPS) is 12.4. The summed E-state index contributed by atoms with van der Waals surface area (Å²) in [4.78, 5) is 10.7. The Morgan fingerprint density at radius 1 is 1.93 bits per heavy atom. The molecule has 0 aliphatic carbocycles. The van der Waals surface area contributed by atoms with Gasteiger partial charge in [-0.05, 0) is 19.1 Å². The summed E-state index contributed by atoms with van der Waals surface area (Å²) in [5, 5.41) is 15.2. The molecule has 1 rings (SSSR count). The predicted molar refractivity (Wildman–Crippen MR) is 53.7 cm³/mol. The second kappa shape index (κ2) is 4.19. The Bertz CT molecular complexity index is 407. The predicted octanol–water partition coefficient (Wildman–Crippen LogP) is 1.31. The zero-order chi connectivity index (χ0) is 10.7. The van der Waals surface area contributed by atoms with E-state index < -0.39 is 11.9 Å². The van der Waals surface area contributed by atoms with Gasteiger partial charge in [-0.2, -0.15) is 5.10 Å². The van der Waals surface area contributed by atoms with Gasteiger partial charge >= 0.3 is 5.97 Å². The molecule has 0 fully saturated rings. The molecular weight excluding hydrogens is 202 g/mol. The quantitative estimate of drug-likeness (QED) is 0.584. The summed E-state index contributed by atoms with van der Waals surface area (Å²) in [6.07, 6.45) is 1.64. The molecule has 1 atom stereocenters. The number of hydrogen-bond acceptors (Lipinski definition) is 3. The lowest BCUT2D eigenvalue weighted by atomic mass is 10.2. The van der Waals surface area contributed by atoms with Gasteiger partial charge in [0.1, 0.15) is 11.7 Å². The molecule has 1 unspecified atom stereocenters. The van der Waals surface area contributed by atoms with Gasteiger partial charge in [0, 0.05) is 6.54 Å². The van der Waals surface area contributed by atoms with Crippen LogP contribution in [-0.2, 0) is 11.3 Å². The van der Waals surface area contributed by atoms with Gasteiger partial charge in [-0.1, -0.05) is 6.08 Å². The molecule has 0 amide bonds. The van der Waals surface area contributed by atoms with Crippen molar-refractivity contribution in [1.29, 1.82) is 0 Å². The lowest BCUT2D eigenvalue weighted by Crippen LogP contribution is -2.14. The molecule has 1 aromatic rings. The topological polar surface area (TPSA) is 70.9 Å². The average molecular weight is 213 g/mol. The van der Waals surface area contributed by atoms with Crippen molar-refractivity contribution in [2.75, 3.05) is 0 Å². The molecular formula is C8H11N3O2S. The number of aromatic nitrogens is 3. The van der Waals surface area contributed by atoms with E-state index in [0.29, 0.717) is 17.1 Å². The number of hydrogen-bond donors (Lipinski definition) is 2. The second-order valence-electron chi connectivity index (χ2n) is 2.85. The highest BCUT2D eigenvalue weighted by Gasteiger charge is 2.19. The van der Waals surface area contributed by atoms with Crippen LogP contribution in [0.4, 0.5) is 0 Å². The Labute approximate surface area is 86.1 Å². The van der Waals surface area contributed by atoms with E-state index in [0.717, 1.165) is 0 Å². The first-order valence-electron chi connectivity index (χ1n) is 4.06. The highest BCUT2D eigenvalue weighted by molar-refractivity contribution is 7.71. The summed E-state index contributed by atoms with van der Waals surface area (Å²) in [6, 6.07) is 0. The SMILES string of the molecule is C=CCn1c(C(C)C(=O)O)n[nH]c1=S. The molecule has 1 aromatic heterocycles. The van der Waals surface area contributed by atoms with E-state index in [2.05, 4.69) is 16.8 Å². The average Bonchev–Trinajstić information content (AvgIpc) is 2.48. The Balaban J connectivity index is 3.14. The second-order valence-corrected chi connectivity index (χ2v) is 3.23. The van der Waals surface area contributed by atoms with Gasteiger partial charge in [0.15, 0.2) is 4.77 Å². The number of aromatic amines is 1. The summed E-state index contributed by atoms with van der Waals surface area (Å²) >= 11 is 4.95. The lowest BCUT2D eigenvalue weighted by Gasteiger charge is -2.06. The van der Waals surface area contributed by atoms with Gasteiger partial charge in [0.2, 0.25) is 0 Å². The molecule has 0 spiro atoms. The Kier molecular flexibility index (Phi) is 3.19. The maximum atomic E-state index is 10.7. The molecule has 6 heteroatoms. The van der Waals surface area contributed by atoms with Crippen LogP contribution in [0, 0.1) is 4.77 Å². The van der Waals surface area contributed by atoms with E-state index in [-0.39, 0.29) is 0 Å². The fourth-order valence-corrected chi connectivity index (χ4v) is 1.29. The largest absolute Gasteiger partial charge is 0.481 e. The zero-order valence-corrected chi connectivity index (χ0v) is 8.54. The van der Waals surface area contributed by atoms with E-state index in [1.165, 1.54) is 0 Å². The summed E-state index contributed by atoms with van der Waals surface area (Å²) < 4.78 is 2.02. The molecule has 5 nitrogen and oxygen atoms in total. The van der Waals surface area contributed by atoms with Crippen LogP contribution in [0.1, 0.15) is 18.7 Å². The molecule has 0 radical (unpaired) electrons. The van der Waals surface area contributed by atoms with Crippen LogP contribution in [0.15, 0.2) is 12.7 Å². The molecule has 0 saturated carbocycles. The van der Waals surface area contributed by atoms with Crippen LogP contribution < -0.4 is 0 Å². The van der Waals surface area contributed by atoms with Crippen LogP contribution in [0.5, 0.6) is 0 Å². The maximum absolute atomic E-state index is 10.7.